The van der Waals surface area contributed by atoms with E-state index >= 15 is 0 Å². The highest BCUT2D eigenvalue weighted by molar-refractivity contribution is 5.63. The molecule has 3 rings (SSSR count). The summed E-state index contributed by atoms with van der Waals surface area (Å²) < 4.78 is 0. The van der Waals surface area contributed by atoms with Gasteiger partial charge in [-0.1, -0.05) is 67.9 Å². The lowest BCUT2D eigenvalue weighted by molar-refractivity contribution is 0.796. The largest absolute Gasteiger partial charge is 0.342 e. The second-order valence-corrected chi connectivity index (χ2v) is 5.67. The average molecular weight is 290 g/mol. The molecule has 0 fully saturated rings. The van der Waals surface area contributed by atoms with Gasteiger partial charge in [-0.3, -0.25) is 0 Å². The first-order valence-electron chi connectivity index (χ1n) is 8.03. The molecule has 0 saturated carbocycles. The first kappa shape index (κ1) is 14.6. The lowest BCUT2D eigenvalue weighted by Gasteiger charge is -2.07. The maximum Gasteiger partial charge on any atom is 0.110 e. The van der Waals surface area contributed by atoms with E-state index in [0.717, 1.165) is 24.4 Å². The van der Waals surface area contributed by atoms with Gasteiger partial charge in [0, 0.05) is 12.0 Å². The number of imidazole rings is 1. The Hall–Kier alpha value is -2.35. The molecule has 22 heavy (non-hydrogen) atoms. The summed E-state index contributed by atoms with van der Waals surface area (Å²) in [5, 5.41) is 0. The predicted molar refractivity (Wildman–Crippen MR) is 91.9 cm³/mol. The fourth-order valence-corrected chi connectivity index (χ4v) is 2.75. The molecule has 1 N–H and O–H groups in total. The predicted octanol–water partition coefficient (Wildman–Crippen LogP) is 5.01. The van der Waals surface area contributed by atoms with Gasteiger partial charge < -0.3 is 4.98 Å². The zero-order valence-electron chi connectivity index (χ0n) is 13.0. The van der Waals surface area contributed by atoms with Crippen LogP contribution in [0.1, 0.15) is 36.7 Å². The molecule has 0 spiro atoms. The molecular weight excluding hydrogens is 268 g/mol. The summed E-state index contributed by atoms with van der Waals surface area (Å²) in [6, 6.07) is 19.1. The summed E-state index contributed by atoms with van der Waals surface area (Å²) in [6.45, 7) is 2.23. The number of aromatic amines is 1. The van der Waals surface area contributed by atoms with E-state index in [4.69, 9.17) is 0 Å². The third-order valence-corrected chi connectivity index (χ3v) is 3.95. The Labute approximate surface area is 132 Å². The number of rotatable bonds is 6. The van der Waals surface area contributed by atoms with Crippen LogP contribution in [-0.2, 0) is 12.8 Å². The van der Waals surface area contributed by atoms with Crippen LogP contribution in [0.25, 0.3) is 11.3 Å². The Balaban J connectivity index is 1.82. The van der Waals surface area contributed by atoms with Crippen LogP contribution in [0, 0.1) is 0 Å². The van der Waals surface area contributed by atoms with Crippen molar-refractivity contribution < 1.29 is 0 Å². The van der Waals surface area contributed by atoms with Crippen molar-refractivity contribution in [2.75, 3.05) is 0 Å². The van der Waals surface area contributed by atoms with Crippen molar-refractivity contribution in [3.05, 3.63) is 77.7 Å². The molecule has 0 radical (unpaired) electrons. The zero-order valence-corrected chi connectivity index (χ0v) is 13.0. The molecule has 2 heteroatoms. The van der Waals surface area contributed by atoms with Crippen LogP contribution in [0.5, 0.6) is 0 Å². The number of hydrogen-bond acceptors (Lipinski definition) is 1. The summed E-state index contributed by atoms with van der Waals surface area (Å²) in [4.78, 5) is 8.04. The van der Waals surface area contributed by atoms with Crippen LogP contribution in [-0.4, -0.2) is 9.97 Å². The number of H-pyrrole nitrogens is 1. The second-order valence-electron chi connectivity index (χ2n) is 5.67. The van der Waals surface area contributed by atoms with Crippen LogP contribution in [0.4, 0.5) is 0 Å². The number of benzene rings is 2. The van der Waals surface area contributed by atoms with Crippen LogP contribution < -0.4 is 0 Å². The molecule has 0 amide bonds. The minimum atomic E-state index is 0.845. The molecule has 0 aliphatic heterocycles. The van der Waals surface area contributed by atoms with E-state index in [-0.39, 0.29) is 0 Å². The number of nitrogens with one attached hydrogen (secondary N) is 1. The monoisotopic (exact) mass is 290 g/mol. The number of aryl methyl sites for hydroxylation is 1. The molecule has 3 aromatic rings. The summed E-state index contributed by atoms with van der Waals surface area (Å²) >= 11 is 0. The van der Waals surface area contributed by atoms with E-state index in [0.29, 0.717) is 0 Å². The third kappa shape index (κ3) is 3.45. The molecule has 1 heterocycles. The van der Waals surface area contributed by atoms with Gasteiger partial charge in [0.1, 0.15) is 5.82 Å². The maximum atomic E-state index is 4.55. The van der Waals surface area contributed by atoms with E-state index in [9.17, 15) is 0 Å². The molecule has 2 nitrogen and oxygen atoms in total. The quantitative estimate of drug-likeness (QED) is 0.679. The molecule has 112 valence electrons. The van der Waals surface area contributed by atoms with E-state index in [1.54, 1.807) is 0 Å². The van der Waals surface area contributed by atoms with Crippen molar-refractivity contribution in [3.8, 4) is 11.3 Å². The minimum absolute atomic E-state index is 0.845. The van der Waals surface area contributed by atoms with Crippen molar-refractivity contribution in [2.24, 2.45) is 0 Å². The molecule has 0 unspecified atom stereocenters. The number of hydrogen-bond donors (Lipinski definition) is 1. The minimum Gasteiger partial charge on any atom is -0.342 e. The lowest BCUT2D eigenvalue weighted by Crippen LogP contribution is -1.92. The van der Waals surface area contributed by atoms with E-state index < -0.39 is 0 Å². The van der Waals surface area contributed by atoms with Gasteiger partial charge >= 0.3 is 0 Å². The zero-order chi connectivity index (χ0) is 15.2. The van der Waals surface area contributed by atoms with Crippen LogP contribution in [0.15, 0.2) is 60.8 Å². The maximum absolute atomic E-state index is 4.55. The van der Waals surface area contributed by atoms with Gasteiger partial charge in [-0.2, -0.15) is 0 Å². The highest BCUT2D eigenvalue weighted by Crippen LogP contribution is 2.24. The van der Waals surface area contributed by atoms with Crippen molar-refractivity contribution >= 4 is 0 Å². The Morgan fingerprint density at radius 2 is 1.73 bits per heavy atom. The molecule has 0 bridgehead atoms. The Morgan fingerprint density at radius 1 is 0.955 bits per heavy atom. The number of aromatic nitrogens is 2. The van der Waals surface area contributed by atoms with Crippen LogP contribution >= 0.6 is 0 Å². The van der Waals surface area contributed by atoms with Gasteiger partial charge in [-0.15, -0.1) is 0 Å². The normalized spacial score (nSPS) is 10.8. The van der Waals surface area contributed by atoms with Gasteiger partial charge in [0.05, 0.1) is 11.9 Å². The van der Waals surface area contributed by atoms with Gasteiger partial charge in [0.25, 0.3) is 0 Å². The standard InChI is InChI=1S/C20H22N2/c1-2-3-11-17-12-7-8-13-18(17)19-15-21-20(22-19)14-16-9-5-4-6-10-16/h4-10,12-13,15H,2-3,11,14H2,1H3,(H,21,22). The molecule has 1 aromatic heterocycles. The van der Waals surface area contributed by atoms with E-state index in [1.165, 1.54) is 29.5 Å². The van der Waals surface area contributed by atoms with Crippen molar-refractivity contribution in [3.63, 3.8) is 0 Å². The number of nitrogens with zero attached hydrogens (tertiary/aromatic N) is 1. The van der Waals surface area contributed by atoms with Crippen LogP contribution in [0.3, 0.4) is 0 Å². The summed E-state index contributed by atoms with van der Waals surface area (Å²) in [7, 11) is 0. The van der Waals surface area contributed by atoms with Gasteiger partial charge in [-0.05, 0) is 24.0 Å². The number of unbranched alkanes of at least 4 members (excludes halogenated alkanes) is 1. The molecule has 0 atom stereocenters. The van der Waals surface area contributed by atoms with E-state index in [1.807, 2.05) is 12.3 Å². The molecular formula is C20H22N2. The highest BCUT2D eigenvalue weighted by Gasteiger charge is 2.08. The third-order valence-electron chi connectivity index (χ3n) is 3.95. The molecule has 2 aromatic carbocycles. The first-order chi connectivity index (χ1) is 10.9. The first-order valence-corrected chi connectivity index (χ1v) is 8.03. The van der Waals surface area contributed by atoms with Gasteiger partial charge in [-0.25, -0.2) is 4.98 Å². The second kappa shape index (κ2) is 7.08. The Bertz CT molecular complexity index is 713. The lowest BCUT2D eigenvalue weighted by atomic mass is 10.0. The summed E-state index contributed by atoms with van der Waals surface area (Å²) in [6.07, 6.45) is 6.37. The van der Waals surface area contributed by atoms with Gasteiger partial charge in [0.2, 0.25) is 0 Å². The van der Waals surface area contributed by atoms with E-state index in [2.05, 4.69) is 65.4 Å². The Morgan fingerprint density at radius 3 is 2.55 bits per heavy atom. The van der Waals surface area contributed by atoms with Crippen molar-refractivity contribution in [2.45, 2.75) is 32.6 Å². The summed E-state index contributed by atoms with van der Waals surface area (Å²) in [5.41, 5.74) is 5.09. The molecule has 0 aliphatic carbocycles. The topological polar surface area (TPSA) is 28.7 Å². The van der Waals surface area contributed by atoms with Crippen molar-refractivity contribution in [1.29, 1.82) is 0 Å². The molecule has 0 saturated heterocycles. The highest BCUT2D eigenvalue weighted by atomic mass is 14.9. The fourth-order valence-electron chi connectivity index (χ4n) is 2.75. The van der Waals surface area contributed by atoms with Gasteiger partial charge in [0.15, 0.2) is 0 Å². The SMILES string of the molecule is CCCCc1ccccc1-c1cnc(Cc2ccccc2)[nH]1. The fraction of sp³-hybridized carbons (Fsp3) is 0.250. The van der Waals surface area contributed by atoms with Crippen LogP contribution in [0.2, 0.25) is 0 Å². The average Bonchev–Trinajstić information content (AvgIpc) is 3.02. The van der Waals surface area contributed by atoms with Crippen molar-refractivity contribution in [1.82, 2.24) is 9.97 Å². The Kier molecular flexibility index (Phi) is 4.69. The molecule has 0 aliphatic rings. The summed E-state index contributed by atoms with van der Waals surface area (Å²) in [5.74, 6) is 1.02. The smallest absolute Gasteiger partial charge is 0.110 e.